The molecule has 4 rings (SSSR count). The number of ether oxygens (including phenoxy) is 3. The van der Waals surface area contributed by atoms with Crippen molar-refractivity contribution in [2.75, 3.05) is 24.9 Å². The lowest BCUT2D eigenvalue weighted by atomic mass is 10.2. The molecule has 168 valence electrons. The van der Waals surface area contributed by atoms with Crippen molar-refractivity contribution in [1.29, 1.82) is 0 Å². The van der Waals surface area contributed by atoms with E-state index in [1.54, 1.807) is 27.2 Å². The molecular weight excluding hydrogens is 420 g/mol. The lowest BCUT2D eigenvalue weighted by Crippen LogP contribution is -2.30. The van der Waals surface area contributed by atoms with Gasteiger partial charge in [0.2, 0.25) is 0 Å². The second kappa shape index (κ2) is 9.86. The fourth-order valence-corrected chi connectivity index (χ4v) is 3.26. The SMILES string of the molecule is COc1cc2ncnc(Nc3ccc(NC(=O)C(C)Oc4ccccc4)cc3)c2cc1OC. The normalized spacial score (nSPS) is 11.5. The Morgan fingerprint density at radius 1 is 0.879 bits per heavy atom. The maximum atomic E-state index is 12.5. The molecule has 0 bridgehead atoms. The Balaban J connectivity index is 1.45. The highest BCUT2D eigenvalue weighted by Crippen LogP contribution is 2.34. The quantitative estimate of drug-likeness (QED) is 0.403. The largest absolute Gasteiger partial charge is 0.493 e. The highest BCUT2D eigenvalue weighted by molar-refractivity contribution is 5.95. The van der Waals surface area contributed by atoms with Crippen LogP contribution in [0.4, 0.5) is 17.2 Å². The number of amides is 1. The molecule has 1 atom stereocenters. The van der Waals surface area contributed by atoms with E-state index in [0.717, 1.165) is 16.6 Å². The lowest BCUT2D eigenvalue weighted by Gasteiger charge is -2.15. The molecule has 0 aliphatic carbocycles. The van der Waals surface area contributed by atoms with Crippen LogP contribution in [-0.4, -0.2) is 36.2 Å². The molecule has 0 aliphatic heterocycles. The molecule has 3 aromatic carbocycles. The van der Waals surface area contributed by atoms with E-state index in [9.17, 15) is 4.79 Å². The highest BCUT2D eigenvalue weighted by Gasteiger charge is 2.15. The van der Waals surface area contributed by atoms with Gasteiger partial charge in [0.25, 0.3) is 5.91 Å². The summed E-state index contributed by atoms with van der Waals surface area (Å²) in [6.07, 6.45) is 0.851. The molecule has 1 aromatic heterocycles. The molecule has 0 saturated carbocycles. The number of carbonyl (C=O) groups is 1. The van der Waals surface area contributed by atoms with Gasteiger partial charge in [-0.25, -0.2) is 9.97 Å². The Morgan fingerprint density at radius 2 is 1.55 bits per heavy atom. The first kappa shape index (κ1) is 21.9. The van der Waals surface area contributed by atoms with Crippen molar-refractivity contribution in [3.05, 3.63) is 73.1 Å². The zero-order valence-corrected chi connectivity index (χ0v) is 18.5. The van der Waals surface area contributed by atoms with E-state index in [0.29, 0.717) is 28.8 Å². The van der Waals surface area contributed by atoms with E-state index >= 15 is 0 Å². The third-order valence-electron chi connectivity index (χ3n) is 4.98. The number of methoxy groups -OCH3 is 2. The van der Waals surface area contributed by atoms with Gasteiger partial charge in [0.05, 0.1) is 19.7 Å². The third-order valence-corrected chi connectivity index (χ3v) is 4.98. The van der Waals surface area contributed by atoms with Gasteiger partial charge in [-0.2, -0.15) is 0 Å². The average Bonchev–Trinajstić information content (AvgIpc) is 2.85. The topological polar surface area (TPSA) is 94.6 Å². The first-order valence-corrected chi connectivity index (χ1v) is 10.3. The summed E-state index contributed by atoms with van der Waals surface area (Å²) in [7, 11) is 3.16. The Morgan fingerprint density at radius 3 is 2.24 bits per heavy atom. The molecule has 2 N–H and O–H groups in total. The van der Waals surface area contributed by atoms with Crippen molar-refractivity contribution in [2.45, 2.75) is 13.0 Å². The monoisotopic (exact) mass is 444 g/mol. The number of benzene rings is 3. The standard InChI is InChI=1S/C25H24N4O4/c1-16(33-19-7-5-4-6-8-19)25(30)29-18-11-9-17(10-12-18)28-24-20-13-22(31-2)23(32-3)14-21(20)26-15-27-24/h4-16H,1-3H3,(H,29,30)(H,26,27,28). The molecule has 1 unspecified atom stereocenters. The molecule has 0 radical (unpaired) electrons. The van der Waals surface area contributed by atoms with Gasteiger partial charge >= 0.3 is 0 Å². The van der Waals surface area contributed by atoms with Gasteiger partial charge in [0, 0.05) is 22.8 Å². The van der Waals surface area contributed by atoms with Crippen molar-refractivity contribution in [3.63, 3.8) is 0 Å². The summed E-state index contributed by atoms with van der Waals surface area (Å²) >= 11 is 0. The molecule has 0 saturated heterocycles. The second-order valence-electron chi connectivity index (χ2n) is 7.21. The number of nitrogens with zero attached hydrogens (tertiary/aromatic N) is 2. The summed E-state index contributed by atoms with van der Waals surface area (Å²) in [4.78, 5) is 21.1. The van der Waals surface area contributed by atoms with Crippen molar-refractivity contribution in [1.82, 2.24) is 9.97 Å². The van der Waals surface area contributed by atoms with Gasteiger partial charge in [0.15, 0.2) is 17.6 Å². The first-order valence-electron chi connectivity index (χ1n) is 10.3. The van der Waals surface area contributed by atoms with Gasteiger partial charge in [-0.15, -0.1) is 0 Å². The fraction of sp³-hybridized carbons (Fsp3) is 0.160. The minimum Gasteiger partial charge on any atom is -0.493 e. The number of carbonyl (C=O) groups excluding carboxylic acids is 1. The van der Waals surface area contributed by atoms with Crippen molar-refractivity contribution in [2.24, 2.45) is 0 Å². The number of rotatable bonds is 8. The Bertz CT molecular complexity index is 1250. The van der Waals surface area contributed by atoms with Crippen LogP contribution in [0, 0.1) is 0 Å². The summed E-state index contributed by atoms with van der Waals surface area (Å²) in [6, 6.07) is 20.2. The van der Waals surface area contributed by atoms with Crippen LogP contribution >= 0.6 is 0 Å². The van der Waals surface area contributed by atoms with E-state index in [-0.39, 0.29) is 5.91 Å². The summed E-state index contributed by atoms with van der Waals surface area (Å²) in [6.45, 7) is 1.71. The molecule has 4 aromatic rings. The van der Waals surface area contributed by atoms with Crippen LogP contribution < -0.4 is 24.8 Å². The van der Waals surface area contributed by atoms with Gasteiger partial charge in [-0.3, -0.25) is 4.79 Å². The van der Waals surface area contributed by atoms with Crippen molar-refractivity contribution < 1.29 is 19.0 Å². The van der Waals surface area contributed by atoms with E-state index in [4.69, 9.17) is 14.2 Å². The van der Waals surface area contributed by atoms with Crippen LogP contribution in [-0.2, 0) is 4.79 Å². The smallest absolute Gasteiger partial charge is 0.265 e. The molecule has 8 heteroatoms. The zero-order chi connectivity index (χ0) is 23.2. The Hall–Kier alpha value is -4.33. The maximum absolute atomic E-state index is 12.5. The van der Waals surface area contributed by atoms with Crippen LogP contribution in [0.5, 0.6) is 17.2 Å². The molecule has 33 heavy (non-hydrogen) atoms. The predicted octanol–water partition coefficient (Wildman–Crippen LogP) is 4.80. The van der Waals surface area contributed by atoms with Gasteiger partial charge in [-0.05, 0) is 49.4 Å². The fourth-order valence-electron chi connectivity index (χ4n) is 3.26. The molecule has 1 amide bonds. The first-order chi connectivity index (χ1) is 16.1. The van der Waals surface area contributed by atoms with Gasteiger partial charge in [0.1, 0.15) is 17.9 Å². The van der Waals surface area contributed by atoms with Crippen molar-refractivity contribution >= 4 is 34.0 Å². The molecule has 0 aliphatic rings. The van der Waals surface area contributed by atoms with E-state index in [1.165, 1.54) is 6.33 Å². The van der Waals surface area contributed by atoms with Gasteiger partial charge < -0.3 is 24.8 Å². The zero-order valence-electron chi connectivity index (χ0n) is 18.5. The molecule has 0 spiro atoms. The Kier molecular flexibility index (Phi) is 6.54. The lowest BCUT2D eigenvalue weighted by molar-refractivity contribution is -0.122. The molecule has 8 nitrogen and oxygen atoms in total. The number of fused-ring (bicyclic) bond motifs is 1. The maximum Gasteiger partial charge on any atom is 0.265 e. The minimum atomic E-state index is -0.635. The number of anilines is 3. The average molecular weight is 444 g/mol. The summed E-state index contributed by atoms with van der Waals surface area (Å²) in [5.74, 6) is 2.23. The third kappa shape index (κ3) is 5.12. The molecule has 1 heterocycles. The number of hydrogen-bond donors (Lipinski definition) is 2. The van der Waals surface area contributed by atoms with E-state index in [2.05, 4.69) is 20.6 Å². The second-order valence-corrected chi connectivity index (χ2v) is 7.21. The number of nitrogens with one attached hydrogen (secondary N) is 2. The van der Waals surface area contributed by atoms with Crippen LogP contribution in [0.1, 0.15) is 6.92 Å². The predicted molar refractivity (Wildman–Crippen MR) is 128 cm³/mol. The highest BCUT2D eigenvalue weighted by atomic mass is 16.5. The summed E-state index contributed by atoms with van der Waals surface area (Å²) in [5.41, 5.74) is 2.19. The number of para-hydroxylation sites is 1. The summed E-state index contributed by atoms with van der Waals surface area (Å²) in [5, 5.41) is 6.94. The Labute approximate surface area is 191 Å². The van der Waals surface area contributed by atoms with E-state index < -0.39 is 6.10 Å². The van der Waals surface area contributed by atoms with Gasteiger partial charge in [-0.1, -0.05) is 18.2 Å². The number of hydrogen-bond acceptors (Lipinski definition) is 7. The molecule has 0 fully saturated rings. The van der Waals surface area contributed by atoms with Crippen LogP contribution in [0.2, 0.25) is 0 Å². The van der Waals surface area contributed by atoms with Crippen molar-refractivity contribution in [3.8, 4) is 17.2 Å². The molecular formula is C25H24N4O4. The van der Waals surface area contributed by atoms with E-state index in [1.807, 2.05) is 60.7 Å². The summed E-state index contributed by atoms with van der Waals surface area (Å²) < 4.78 is 16.4. The van der Waals surface area contributed by atoms with Crippen LogP contribution in [0.3, 0.4) is 0 Å². The van der Waals surface area contributed by atoms with Crippen LogP contribution in [0.25, 0.3) is 10.9 Å². The minimum absolute atomic E-state index is 0.234. The number of aromatic nitrogens is 2. The van der Waals surface area contributed by atoms with Crippen LogP contribution in [0.15, 0.2) is 73.1 Å².